The summed E-state index contributed by atoms with van der Waals surface area (Å²) < 4.78 is 13.1. The Hall–Kier alpha value is -2.16. The summed E-state index contributed by atoms with van der Waals surface area (Å²) in [7, 11) is 0. The molecular weight excluding hydrogens is 253 g/mol. The number of carbonyl (C=O) groups excluding carboxylic acids is 1. The molecule has 1 amide bonds. The second kappa shape index (κ2) is 6.33. The number of hydrogen-bond donors (Lipinski definition) is 0. The molecule has 0 aliphatic rings. The Morgan fingerprint density at radius 1 is 1.15 bits per heavy atom. The first-order chi connectivity index (χ1) is 9.61. The number of carbonyl (C=O) groups is 1. The van der Waals surface area contributed by atoms with Crippen molar-refractivity contribution in [3.63, 3.8) is 0 Å². The summed E-state index contributed by atoms with van der Waals surface area (Å²) >= 11 is 0. The van der Waals surface area contributed by atoms with Crippen LogP contribution in [0.5, 0.6) is 0 Å². The van der Waals surface area contributed by atoms with Gasteiger partial charge in [-0.1, -0.05) is 30.3 Å². The van der Waals surface area contributed by atoms with Crippen molar-refractivity contribution >= 4 is 5.91 Å². The van der Waals surface area contributed by atoms with E-state index in [9.17, 15) is 9.18 Å². The van der Waals surface area contributed by atoms with Gasteiger partial charge in [-0.15, -0.1) is 0 Å². The maximum absolute atomic E-state index is 13.1. The quantitative estimate of drug-likeness (QED) is 0.828. The maximum atomic E-state index is 13.1. The minimum atomic E-state index is -0.315. The van der Waals surface area contributed by atoms with Gasteiger partial charge in [0, 0.05) is 18.7 Å². The third-order valence-electron chi connectivity index (χ3n) is 3.30. The van der Waals surface area contributed by atoms with Gasteiger partial charge in [-0.05, 0) is 43.2 Å². The van der Waals surface area contributed by atoms with Crippen LogP contribution in [0.25, 0.3) is 0 Å². The van der Waals surface area contributed by atoms with E-state index in [1.165, 1.54) is 12.1 Å². The monoisotopic (exact) mass is 271 g/mol. The molecule has 0 bridgehead atoms. The number of rotatable bonds is 4. The van der Waals surface area contributed by atoms with Gasteiger partial charge in [0.1, 0.15) is 5.82 Å². The lowest BCUT2D eigenvalue weighted by Crippen LogP contribution is -2.30. The van der Waals surface area contributed by atoms with Crippen LogP contribution in [0.4, 0.5) is 4.39 Å². The standard InChI is InChI=1S/C17H18FNO/c1-3-19(12-14-7-5-4-6-8-14)17(20)16-10-9-15(18)11-13(16)2/h4-11H,3,12H2,1-2H3. The predicted molar refractivity (Wildman–Crippen MR) is 78.0 cm³/mol. The van der Waals surface area contributed by atoms with Crippen LogP contribution in [-0.2, 0) is 6.54 Å². The minimum absolute atomic E-state index is 0.0612. The second-order valence-electron chi connectivity index (χ2n) is 4.76. The zero-order valence-electron chi connectivity index (χ0n) is 11.8. The summed E-state index contributed by atoms with van der Waals surface area (Å²) in [4.78, 5) is 14.3. The van der Waals surface area contributed by atoms with Gasteiger partial charge in [0.25, 0.3) is 5.91 Å². The summed E-state index contributed by atoms with van der Waals surface area (Å²) in [5.74, 6) is -0.376. The van der Waals surface area contributed by atoms with Crippen LogP contribution in [0, 0.1) is 12.7 Å². The first-order valence-electron chi connectivity index (χ1n) is 6.71. The highest BCUT2D eigenvalue weighted by Gasteiger charge is 2.16. The van der Waals surface area contributed by atoms with E-state index in [0.717, 1.165) is 5.56 Å². The molecule has 3 heteroatoms. The molecule has 0 atom stereocenters. The van der Waals surface area contributed by atoms with Gasteiger partial charge in [0.2, 0.25) is 0 Å². The normalized spacial score (nSPS) is 10.3. The molecule has 104 valence electrons. The highest BCUT2D eigenvalue weighted by atomic mass is 19.1. The van der Waals surface area contributed by atoms with E-state index < -0.39 is 0 Å². The van der Waals surface area contributed by atoms with Gasteiger partial charge >= 0.3 is 0 Å². The molecule has 0 heterocycles. The summed E-state index contributed by atoms with van der Waals surface area (Å²) in [6, 6.07) is 14.1. The predicted octanol–water partition coefficient (Wildman–Crippen LogP) is 3.80. The zero-order chi connectivity index (χ0) is 14.5. The Bertz CT molecular complexity index is 595. The average Bonchev–Trinajstić information content (AvgIpc) is 2.45. The Morgan fingerprint density at radius 3 is 2.45 bits per heavy atom. The van der Waals surface area contributed by atoms with E-state index in [-0.39, 0.29) is 11.7 Å². The molecule has 0 unspecified atom stereocenters. The highest BCUT2D eigenvalue weighted by molar-refractivity contribution is 5.95. The Morgan fingerprint density at radius 2 is 1.85 bits per heavy atom. The largest absolute Gasteiger partial charge is 0.335 e. The minimum Gasteiger partial charge on any atom is -0.335 e. The molecule has 0 aromatic heterocycles. The van der Waals surface area contributed by atoms with Crippen LogP contribution in [0.2, 0.25) is 0 Å². The van der Waals surface area contributed by atoms with Gasteiger partial charge in [-0.3, -0.25) is 4.79 Å². The third kappa shape index (κ3) is 3.23. The van der Waals surface area contributed by atoms with E-state index >= 15 is 0 Å². The smallest absolute Gasteiger partial charge is 0.254 e. The fourth-order valence-corrected chi connectivity index (χ4v) is 2.17. The van der Waals surface area contributed by atoms with E-state index in [1.807, 2.05) is 37.3 Å². The lowest BCUT2D eigenvalue weighted by atomic mass is 10.1. The Kier molecular flexibility index (Phi) is 4.51. The van der Waals surface area contributed by atoms with E-state index in [1.54, 1.807) is 17.9 Å². The molecule has 20 heavy (non-hydrogen) atoms. The van der Waals surface area contributed by atoms with Crippen molar-refractivity contribution in [2.45, 2.75) is 20.4 Å². The molecule has 2 aromatic rings. The van der Waals surface area contributed by atoms with Crippen molar-refractivity contribution < 1.29 is 9.18 Å². The summed E-state index contributed by atoms with van der Waals surface area (Å²) in [6.45, 7) is 4.88. The fraction of sp³-hybridized carbons (Fsp3) is 0.235. The molecule has 0 spiro atoms. The number of benzene rings is 2. The van der Waals surface area contributed by atoms with Gasteiger partial charge in [-0.2, -0.15) is 0 Å². The van der Waals surface area contributed by atoms with Crippen LogP contribution in [-0.4, -0.2) is 17.4 Å². The summed E-state index contributed by atoms with van der Waals surface area (Å²) in [5.41, 5.74) is 2.31. The van der Waals surface area contributed by atoms with Gasteiger partial charge in [-0.25, -0.2) is 4.39 Å². The van der Waals surface area contributed by atoms with Gasteiger partial charge in [0.15, 0.2) is 0 Å². The van der Waals surface area contributed by atoms with Crippen LogP contribution in [0.3, 0.4) is 0 Å². The average molecular weight is 271 g/mol. The first kappa shape index (κ1) is 14.3. The molecule has 2 aromatic carbocycles. The molecule has 0 saturated carbocycles. The number of aryl methyl sites for hydroxylation is 1. The number of amides is 1. The lowest BCUT2D eigenvalue weighted by Gasteiger charge is -2.22. The summed E-state index contributed by atoms with van der Waals surface area (Å²) in [6.07, 6.45) is 0. The van der Waals surface area contributed by atoms with Crippen molar-refractivity contribution in [2.24, 2.45) is 0 Å². The molecule has 0 aliphatic carbocycles. The van der Waals surface area contributed by atoms with Crippen molar-refractivity contribution in [3.05, 3.63) is 71.0 Å². The first-order valence-corrected chi connectivity index (χ1v) is 6.71. The van der Waals surface area contributed by atoms with Crippen LogP contribution in [0.1, 0.15) is 28.4 Å². The molecule has 0 radical (unpaired) electrons. The van der Waals surface area contributed by atoms with Crippen molar-refractivity contribution in [1.29, 1.82) is 0 Å². The SMILES string of the molecule is CCN(Cc1ccccc1)C(=O)c1ccc(F)cc1C. The Balaban J connectivity index is 2.21. The molecular formula is C17H18FNO. The van der Waals surface area contributed by atoms with E-state index in [0.29, 0.717) is 24.2 Å². The number of nitrogens with zero attached hydrogens (tertiary/aromatic N) is 1. The van der Waals surface area contributed by atoms with Crippen LogP contribution in [0.15, 0.2) is 48.5 Å². The fourth-order valence-electron chi connectivity index (χ4n) is 2.17. The maximum Gasteiger partial charge on any atom is 0.254 e. The van der Waals surface area contributed by atoms with Gasteiger partial charge in [0.05, 0.1) is 0 Å². The van der Waals surface area contributed by atoms with Crippen molar-refractivity contribution in [1.82, 2.24) is 4.90 Å². The topological polar surface area (TPSA) is 20.3 Å². The second-order valence-corrected chi connectivity index (χ2v) is 4.76. The molecule has 0 saturated heterocycles. The molecule has 0 N–H and O–H groups in total. The molecule has 2 nitrogen and oxygen atoms in total. The zero-order valence-corrected chi connectivity index (χ0v) is 11.8. The van der Waals surface area contributed by atoms with Crippen molar-refractivity contribution in [3.8, 4) is 0 Å². The van der Waals surface area contributed by atoms with Crippen molar-refractivity contribution in [2.75, 3.05) is 6.54 Å². The molecule has 2 rings (SSSR count). The van der Waals surface area contributed by atoms with Gasteiger partial charge < -0.3 is 4.90 Å². The lowest BCUT2D eigenvalue weighted by molar-refractivity contribution is 0.0752. The van der Waals surface area contributed by atoms with Crippen LogP contribution < -0.4 is 0 Å². The van der Waals surface area contributed by atoms with E-state index in [2.05, 4.69) is 0 Å². The van der Waals surface area contributed by atoms with Crippen LogP contribution >= 0.6 is 0 Å². The highest BCUT2D eigenvalue weighted by Crippen LogP contribution is 2.15. The Labute approximate surface area is 118 Å². The molecule has 0 aliphatic heterocycles. The van der Waals surface area contributed by atoms with E-state index in [4.69, 9.17) is 0 Å². The number of hydrogen-bond acceptors (Lipinski definition) is 1. The summed E-state index contributed by atoms with van der Waals surface area (Å²) in [5, 5.41) is 0. The third-order valence-corrected chi connectivity index (χ3v) is 3.30. The number of halogens is 1. The molecule has 0 fully saturated rings.